The summed E-state index contributed by atoms with van der Waals surface area (Å²) in [6.07, 6.45) is 3.54. The van der Waals surface area contributed by atoms with Crippen LogP contribution in [-0.4, -0.2) is 64.4 Å². The molecule has 2 amide bonds. The number of hydrogen-bond donors (Lipinski definition) is 2. The summed E-state index contributed by atoms with van der Waals surface area (Å²) in [5, 5.41) is 13.2. The summed E-state index contributed by atoms with van der Waals surface area (Å²) in [5.41, 5.74) is 0. The van der Waals surface area contributed by atoms with E-state index in [0.717, 1.165) is 13.1 Å². The highest BCUT2D eigenvalue weighted by Crippen LogP contribution is 1.93. The zero-order chi connectivity index (χ0) is 13.5. The molecule has 2 N–H and O–H groups in total. The molecule has 1 saturated heterocycles. The first-order valence-electron chi connectivity index (χ1n) is 6.35. The van der Waals surface area contributed by atoms with Crippen molar-refractivity contribution in [1.29, 1.82) is 0 Å². The fourth-order valence-corrected chi connectivity index (χ4v) is 1.86. The molecule has 0 spiro atoms. The summed E-state index contributed by atoms with van der Waals surface area (Å²) in [5.74, 6) is -0.186. The van der Waals surface area contributed by atoms with Crippen LogP contribution in [-0.2, 0) is 16.1 Å². The molecule has 1 aromatic rings. The topological polar surface area (TPSA) is 92.1 Å². The molecular weight excluding hydrogens is 248 g/mol. The van der Waals surface area contributed by atoms with Crippen LogP contribution in [0, 0.1) is 0 Å². The van der Waals surface area contributed by atoms with Gasteiger partial charge in [-0.05, 0) is 0 Å². The van der Waals surface area contributed by atoms with Gasteiger partial charge in [0.05, 0.1) is 19.3 Å². The van der Waals surface area contributed by atoms with Crippen molar-refractivity contribution in [1.82, 2.24) is 30.5 Å². The third kappa shape index (κ3) is 4.32. The lowest BCUT2D eigenvalue weighted by molar-refractivity contribution is -0.133. The van der Waals surface area contributed by atoms with Gasteiger partial charge in [-0.3, -0.25) is 14.3 Å². The van der Waals surface area contributed by atoms with Gasteiger partial charge in [0.15, 0.2) is 0 Å². The molecule has 0 saturated carbocycles. The first kappa shape index (κ1) is 13.5. The fraction of sp³-hybridized carbons (Fsp3) is 0.636. The van der Waals surface area contributed by atoms with Crippen molar-refractivity contribution in [3.8, 4) is 0 Å². The van der Waals surface area contributed by atoms with Crippen LogP contribution < -0.4 is 10.6 Å². The number of carbonyl (C=O) groups excluding carboxylic acids is 2. The fourth-order valence-electron chi connectivity index (χ4n) is 1.86. The molecule has 19 heavy (non-hydrogen) atoms. The van der Waals surface area contributed by atoms with Crippen molar-refractivity contribution in [2.45, 2.75) is 13.0 Å². The van der Waals surface area contributed by atoms with E-state index in [-0.39, 0.29) is 24.8 Å². The summed E-state index contributed by atoms with van der Waals surface area (Å²) < 4.78 is 1.58. The lowest BCUT2D eigenvalue weighted by atomic mass is 10.3. The molecule has 0 bridgehead atoms. The van der Waals surface area contributed by atoms with E-state index in [2.05, 4.69) is 20.9 Å². The highest BCUT2D eigenvalue weighted by molar-refractivity contribution is 5.84. The van der Waals surface area contributed by atoms with E-state index >= 15 is 0 Å². The summed E-state index contributed by atoms with van der Waals surface area (Å²) in [6, 6.07) is 0. The largest absolute Gasteiger partial charge is 0.347 e. The predicted octanol–water partition coefficient (Wildman–Crippen LogP) is -1.78. The van der Waals surface area contributed by atoms with Gasteiger partial charge in [0.25, 0.3) is 0 Å². The highest BCUT2D eigenvalue weighted by atomic mass is 16.2. The number of piperazine rings is 1. The van der Waals surface area contributed by atoms with Crippen molar-refractivity contribution >= 4 is 11.8 Å². The average molecular weight is 266 g/mol. The minimum absolute atomic E-state index is 0.0318. The van der Waals surface area contributed by atoms with Crippen molar-refractivity contribution in [3.63, 3.8) is 0 Å². The second-order valence-corrected chi connectivity index (χ2v) is 4.32. The van der Waals surface area contributed by atoms with Crippen molar-refractivity contribution in [3.05, 3.63) is 12.4 Å². The first-order valence-corrected chi connectivity index (χ1v) is 6.35. The zero-order valence-electron chi connectivity index (χ0n) is 10.7. The van der Waals surface area contributed by atoms with Crippen LogP contribution >= 0.6 is 0 Å². The van der Waals surface area contributed by atoms with Gasteiger partial charge in [-0.25, -0.2) is 0 Å². The molecule has 0 atom stereocenters. The number of carbonyl (C=O) groups is 2. The maximum absolute atomic E-state index is 11.8. The Morgan fingerprint density at radius 3 is 2.79 bits per heavy atom. The quantitative estimate of drug-likeness (QED) is 0.657. The van der Waals surface area contributed by atoms with Gasteiger partial charge in [-0.15, -0.1) is 5.10 Å². The van der Waals surface area contributed by atoms with Gasteiger partial charge in [-0.2, -0.15) is 0 Å². The third-order valence-corrected chi connectivity index (χ3v) is 2.95. The maximum atomic E-state index is 11.8. The van der Waals surface area contributed by atoms with Crippen LogP contribution in [0.4, 0.5) is 0 Å². The molecule has 2 rings (SSSR count). The van der Waals surface area contributed by atoms with E-state index in [0.29, 0.717) is 19.6 Å². The Kier molecular flexibility index (Phi) is 4.85. The van der Waals surface area contributed by atoms with E-state index in [1.54, 1.807) is 22.0 Å². The molecule has 1 aromatic heterocycles. The number of nitrogens with one attached hydrogen (secondary N) is 2. The summed E-state index contributed by atoms with van der Waals surface area (Å²) in [7, 11) is 0. The molecular formula is C11H18N6O2. The van der Waals surface area contributed by atoms with Crippen LogP contribution in [0.3, 0.4) is 0 Å². The predicted molar refractivity (Wildman–Crippen MR) is 67.1 cm³/mol. The minimum atomic E-state index is -0.154. The smallest absolute Gasteiger partial charge is 0.242 e. The second kappa shape index (κ2) is 6.83. The van der Waals surface area contributed by atoms with Gasteiger partial charge in [0, 0.05) is 38.8 Å². The number of nitrogens with zero attached hydrogens (tertiary/aromatic N) is 4. The van der Waals surface area contributed by atoms with E-state index in [1.165, 1.54) is 0 Å². The van der Waals surface area contributed by atoms with Crippen LogP contribution in [0.25, 0.3) is 0 Å². The van der Waals surface area contributed by atoms with Crippen LogP contribution in [0.2, 0.25) is 0 Å². The van der Waals surface area contributed by atoms with Gasteiger partial charge in [-0.1, -0.05) is 5.21 Å². The number of amides is 2. The van der Waals surface area contributed by atoms with Gasteiger partial charge < -0.3 is 15.5 Å². The highest BCUT2D eigenvalue weighted by Gasteiger charge is 2.16. The summed E-state index contributed by atoms with van der Waals surface area (Å²) in [6.45, 7) is 3.56. The van der Waals surface area contributed by atoms with E-state index in [1.807, 2.05) is 0 Å². The summed E-state index contributed by atoms with van der Waals surface area (Å²) in [4.78, 5) is 25.1. The number of rotatable bonds is 5. The molecule has 1 aliphatic rings. The Morgan fingerprint density at radius 1 is 1.32 bits per heavy atom. The molecule has 8 heteroatoms. The second-order valence-electron chi connectivity index (χ2n) is 4.32. The van der Waals surface area contributed by atoms with E-state index in [4.69, 9.17) is 0 Å². The van der Waals surface area contributed by atoms with E-state index in [9.17, 15) is 9.59 Å². The Balaban J connectivity index is 1.64. The van der Waals surface area contributed by atoms with E-state index < -0.39 is 0 Å². The monoisotopic (exact) mass is 266 g/mol. The van der Waals surface area contributed by atoms with Crippen LogP contribution in [0.15, 0.2) is 12.4 Å². The first-order chi connectivity index (χ1) is 9.25. The van der Waals surface area contributed by atoms with Crippen molar-refractivity contribution in [2.75, 3.05) is 32.7 Å². The molecule has 1 aliphatic heterocycles. The Morgan fingerprint density at radius 2 is 2.11 bits per heavy atom. The molecule has 2 heterocycles. The third-order valence-electron chi connectivity index (χ3n) is 2.95. The maximum Gasteiger partial charge on any atom is 0.242 e. The molecule has 0 aromatic carbocycles. The van der Waals surface area contributed by atoms with Gasteiger partial charge in [0.2, 0.25) is 11.8 Å². The number of aryl methyl sites for hydroxylation is 1. The summed E-state index contributed by atoms with van der Waals surface area (Å²) >= 11 is 0. The van der Waals surface area contributed by atoms with Crippen LogP contribution in [0.5, 0.6) is 0 Å². The Bertz CT molecular complexity index is 413. The molecule has 8 nitrogen and oxygen atoms in total. The lowest BCUT2D eigenvalue weighted by Gasteiger charge is -2.27. The molecule has 0 aliphatic carbocycles. The minimum Gasteiger partial charge on any atom is -0.347 e. The zero-order valence-corrected chi connectivity index (χ0v) is 10.7. The van der Waals surface area contributed by atoms with Crippen molar-refractivity contribution < 1.29 is 9.59 Å². The molecule has 1 fully saturated rings. The Labute approximate surface area is 111 Å². The van der Waals surface area contributed by atoms with Crippen molar-refractivity contribution in [2.24, 2.45) is 0 Å². The van der Waals surface area contributed by atoms with Gasteiger partial charge in [0.1, 0.15) is 0 Å². The normalized spacial score (nSPS) is 15.3. The SMILES string of the molecule is O=C(CCn1ccnn1)NCC(=O)N1CCNCC1. The number of hydrogen-bond acceptors (Lipinski definition) is 5. The molecule has 0 radical (unpaired) electrons. The number of aromatic nitrogens is 3. The average Bonchev–Trinajstić information content (AvgIpc) is 2.96. The Hall–Kier alpha value is -1.96. The lowest BCUT2D eigenvalue weighted by Crippen LogP contribution is -2.49. The standard InChI is InChI=1S/C11H18N6O2/c18-10(1-5-17-8-4-14-15-17)13-9-11(19)16-6-2-12-3-7-16/h4,8,12H,1-3,5-7,9H2,(H,13,18). The molecule has 0 unspecified atom stereocenters. The van der Waals surface area contributed by atoms with Gasteiger partial charge >= 0.3 is 0 Å². The molecule has 104 valence electrons. The van der Waals surface area contributed by atoms with Crippen LogP contribution in [0.1, 0.15) is 6.42 Å².